The molecule has 1 atom stereocenters. The quantitative estimate of drug-likeness (QED) is 0.491. The molecule has 1 aliphatic heterocycles. The molecular weight excluding hydrogens is 387 g/mol. The Balaban J connectivity index is 1.66. The average molecular weight is 410 g/mol. The van der Waals surface area contributed by atoms with Crippen LogP contribution in [-0.2, 0) is 0 Å². The summed E-state index contributed by atoms with van der Waals surface area (Å²) in [6.45, 7) is 4.88. The summed E-state index contributed by atoms with van der Waals surface area (Å²) >= 11 is 0. The van der Waals surface area contributed by atoms with Gasteiger partial charge in [0.05, 0.1) is 19.0 Å². The number of hydrogen-bond donors (Lipinski definition) is 4. The summed E-state index contributed by atoms with van der Waals surface area (Å²) in [6, 6.07) is 7.91. The number of phenols is 1. The molecule has 0 saturated carbocycles. The molecule has 0 fully saturated rings. The molecule has 3 aromatic rings. The Labute approximate surface area is 173 Å². The topological polar surface area (TPSA) is 106 Å². The number of aliphatic hydroxyl groups excluding tert-OH is 1. The second-order valence-electron chi connectivity index (χ2n) is 7.37. The molecule has 0 radical (unpaired) electrons. The lowest BCUT2D eigenvalue weighted by Gasteiger charge is -2.22. The minimum absolute atomic E-state index is 0.138. The van der Waals surface area contributed by atoms with Crippen molar-refractivity contribution in [2.75, 3.05) is 28.7 Å². The Morgan fingerprint density at radius 3 is 2.67 bits per heavy atom. The van der Waals surface area contributed by atoms with E-state index in [0.29, 0.717) is 35.3 Å². The molecule has 9 heteroatoms. The van der Waals surface area contributed by atoms with Crippen LogP contribution in [0.3, 0.4) is 0 Å². The van der Waals surface area contributed by atoms with Crippen molar-refractivity contribution < 1.29 is 14.6 Å². The molecule has 8 nitrogen and oxygen atoms in total. The summed E-state index contributed by atoms with van der Waals surface area (Å²) in [5.74, 6) is 1.24. The highest BCUT2D eigenvalue weighted by Crippen LogP contribution is 2.38. The Morgan fingerprint density at radius 1 is 1.20 bits per heavy atom. The van der Waals surface area contributed by atoms with Crippen molar-refractivity contribution in [1.82, 2.24) is 15.0 Å². The smallest absolute Gasteiger partial charge is 0.165 e. The number of phenolic OH excluding ortho intramolecular Hbond substituents is 1. The number of aliphatic hydroxyl groups is 1. The summed E-state index contributed by atoms with van der Waals surface area (Å²) in [5.41, 5.74) is 1.86. The van der Waals surface area contributed by atoms with Gasteiger partial charge in [-0.2, -0.15) is 0 Å². The number of hydrogen-bond acceptors (Lipinski definition) is 8. The number of anilines is 3. The Kier molecular flexibility index (Phi) is 5.37. The highest BCUT2D eigenvalue weighted by Gasteiger charge is 2.27. The van der Waals surface area contributed by atoms with Gasteiger partial charge in [-0.05, 0) is 37.6 Å². The third-order valence-electron chi connectivity index (χ3n) is 4.92. The van der Waals surface area contributed by atoms with Crippen LogP contribution in [0.1, 0.15) is 25.5 Å². The number of aromatic hydroxyl groups is 1. The maximum absolute atomic E-state index is 13.7. The van der Waals surface area contributed by atoms with E-state index in [1.54, 1.807) is 12.1 Å². The van der Waals surface area contributed by atoms with E-state index in [2.05, 4.69) is 44.3 Å². The minimum Gasteiger partial charge on any atom is -0.508 e. The summed E-state index contributed by atoms with van der Waals surface area (Å²) in [4.78, 5) is 15.2. The van der Waals surface area contributed by atoms with E-state index in [-0.39, 0.29) is 18.3 Å². The first kappa shape index (κ1) is 19.8. The van der Waals surface area contributed by atoms with Crippen LogP contribution in [0.5, 0.6) is 5.75 Å². The van der Waals surface area contributed by atoms with Gasteiger partial charge in [0, 0.05) is 24.3 Å². The van der Waals surface area contributed by atoms with Crippen LogP contribution in [0.15, 0.2) is 42.7 Å². The predicted octanol–water partition coefficient (Wildman–Crippen LogP) is 3.13. The first-order valence-corrected chi connectivity index (χ1v) is 9.66. The van der Waals surface area contributed by atoms with E-state index in [0.717, 1.165) is 11.9 Å². The van der Waals surface area contributed by atoms with Crippen molar-refractivity contribution in [3.63, 3.8) is 0 Å². The van der Waals surface area contributed by atoms with Gasteiger partial charge in [0.25, 0.3) is 0 Å². The molecule has 1 aliphatic rings. The first-order chi connectivity index (χ1) is 14.4. The number of fused-ring (bicyclic) bond motifs is 1. The summed E-state index contributed by atoms with van der Waals surface area (Å²) in [7, 11) is 0. The Bertz CT molecular complexity index is 1040. The minimum atomic E-state index is -0.807. The molecule has 156 valence electrons. The lowest BCUT2D eigenvalue weighted by atomic mass is 10.1. The monoisotopic (exact) mass is 410 g/mol. The van der Waals surface area contributed by atoms with Gasteiger partial charge in [0.2, 0.25) is 0 Å². The lowest BCUT2D eigenvalue weighted by Crippen LogP contribution is -2.30. The van der Waals surface area contributed by atoms with Crippen molar-refractivity contribution in [1.29, 1.82) is 0 Å². The molecular formula is C21H23FN6O2. The normalized spacial score (nSPS) is 13.8. The first-order valence-electron chi connectivity index (χ1n) is 9.66. The number of nitrogens with one attached hydrogen (secondary N) is 2. The van der Waals surface area contributed by atoms with E-state index in [1.807, 2.05) is 0 Å². The highest BCUT2D eigenvalue weighted by atomic mass is 19.1. The van der Waals surface area contributed by atoms with Crippen LogP contribution in [0.25, 0.3) is 11.4 Å². The predicted molar refractivity (Wildman–Crippen MR) is 113 cm³/mol. The van der Waals surface area contributed by atoms with E-state index in [9.17, 15) is 14.6 Å². The summed E-state index contributed by atoms with van der Waals surface area (Å²) in [5, 5.41) is 26.4. The van der Waals surface area contributed by atoms with Crippen molar-refractivity contribution >= 4 is 17.3 Å². The summed E-state index contributed by atoms with van der Waals surface area (Å²) < 4.78 is 13.7. The maximum Gasteiger partial charge on any atom is 0.165 e. The van der Waals surface area contributed by atoms with E-state index >= 15 is 0 Å². The molecule has 0 spiro atoms. The standard InChI is InChI=1S/C21H23FN6O2/c1-12(2)28-11-25-18-20(24-10-17(30)13-3-5-16(29)6-4-13)26-19(27-21(18)28)14-7-15(22)9-23-8-14/h3-9,12,17,25,29-30H,10-11H2,1-2H3,(H,24,26,27). The van der Waals surface area contributed by atoms with Crippen LogP contribution < -0.4 is 15.5 Å². The zero-order chi connectivity index (χ0) is 21.3. The van der Waals surface area contributed by atoms with Crippen molar-refractivity contribution in [3.05, 3.63) is 54.1 Å². The molecule has 30 heavy (non-hydrogen) atoms. The zero-order valence-corrected chi connectivity index (χ0v) is 16.7. The highest BCUT2D eigenvalue weighted by molar-refractivity contribution is 5.83. The van der Waals surface area contributed by atoms with Gasteiger partial charge in [0.1, 0.15) is 17.3 Å². The number of halogens is 1. The SMILES string of the molecule is CC(C)N1CNc2c(NCC(O)c3ccc(O)cc3)nc(-c3cncc(F)c3)nc21. The van der Waals surface area contributed by atoms with Gasteiger partial charge >= 0.3 is 0 Å². The van der Waals surface area contributed by atoms with Crippen molar-refractivity contribution in [2.24, 2.45) is 0 Å². The number of pyridine rings is 1. The lowest BCUT2D eigenvalue weighted by molar-refractivity contribution is 0.191. The van der Waals surface area contributed by atoms with Crippen molar-refractivity contribution in [3.8, 4) is 17.1 Å². The van der Waals surface area contributed by atoms with E-state index < -0.39 is 11.9 Å². The van der Waals surface area contributed by atoms with Crippen LogP contribution in [0, 0.1) is 5.82 Å². The van der Waals surface area contributed by atoms with Gasteiger partial charge in [0.15, 0.2) is 17.5 Å². The number of aromatic nitrogens is 3. The van der Waals surface area contributed by atoms with Crippen molar-refractivity contribution in [2.45, 2.75) is 26.0 Å². The van der Waals surface area contributed by atoms with Gasteiger partial charge < -0.3 is 25.7 Å². The third kappa shape index (κ3) is 3.97. The molecule has 4 rings (SSSR count). The fourth-order valence-electron chi connectivity index (χ4n) is 3.28. The molecule has 0 amide bonds. The fourth-order valence-corrected chi connectivity index (χ4v) is 3.28. The summed E-state index contributed by atoms with van der Waals surface area (Å²) in [6.07, 6.45) is 1.84. The van der Waals surface area contributed by atoms with Crippen LogP contribution in [0.4, 0.5) is 21.7 Å². The number of nitrogens with zero attached hydrogens (tertiary/aromatic N) is 4. The van der Waals surface area contributed by atoms with Gasteiger partial charge in [-0.3, -0.25) is 4.98 Å². The molecule has 4 N–H and O–H groups in total. The molecule has 1 unspecified atom stereocenters. The number of rotatable bonds is 6. The van der Waals surface area contributed by atoms with Gasteiger partial charge in [-0.1, -0.05) is 12.1 Å². The molecule has 0 aliphatic carbocycles. The number of benzene rings is 1. The van der Waals surface area contributed by atoms with Crippen LogP contribution in [0.2, 0.25) is 0 Å². The molecule has 0 saturated heterocycles. The largest absolute Gasteiger partial charge is 0.508 e. The zero-order valence-electron chi connectivity index (χ0n) is 16.7. The second-order valence-corrected chi connectivity index (χ2v) is 7.37. The van der Waals surface area contributed by atoms with Gasteiger partial charge in [-0.15, -0.1) is 0 Å². The molecule has 3 heterocycles. The molecule has 2 aromatic heterocycles. The second kappa shape index (κ2) is 8.11. The Hall–Kier alpha value is -3.46. The maximum atomic E-state index is 13.7. The molecule has 0 bridgehead atoms. The fraction of sp³-hybridized carbons (Fsp3) is 0.286. The Morgan fingerprint density at radius 2 is 1.97 bits per heavy atom. The molecule has 1 aromatic carbocycles. The van der Waals surface area contributed by atoms with Crippen LogP contribution in [-0.4, -0.2) is 44.4 Å². The van der Waals surface area contributed by atoms with Gasteiger partial charge in [-0.25, -0.2) is 14.4 Å². The van der Waals surface area contributed by atoms with E-state index in [4.69, 9.17) is 0 Å². The van der Waals surface area contributed by atoms with Crippen LogP contribution >= 0.6 is 0 Å². The third-order valence-corrected chi connectivity index (χ3v) is 4.92. The average Bonchev–Trinajstić information content (AvgIpc) is 3.16. The van der Waals surface area contributed by atoms with E-state index in [1.165, 1.54) is 24.4 Å².